The molecule has 0 atom stereocenters. The van der Waals surface area contributed by atoms with Crippen molar-refractivity contribution in [3.63, 3.8) is 0 Å². The van der Waals surface area contributed by atoms with Gasteiger partial charge in [0.25, 0.3) is 0 Å². The van der Waals surface area contributed by atoms with Gasteiger partial charge in [-0.25, -0.2) is 4.98 Å². The van der Waals surface area contributed by atoms with Gasteiger partial charge >= 0.3 is 0 Å². The summed E-state index contributed by atoms with van der Waals surface area (Å²) >= 11 is 7.91. The third-order valence-electron chi connectivity index (χ3n) is 3.65. The lowest BCUT2D eigenvalue weighted by Gasteiger charge is -2.09. The van der Waals surface area contributed by atoms with Crippen LogP contribution in [0.5, 0.6) is 5.75 Å². The number of carbonyl (C=O) groups excluding carboxylic acids is 1. The molecule has 0 unspecified atom stereocenters. The number of aromatic nitrogens is 1. The Morgan fingerprint density at radius 2 is 2.19 bits per heavy atom. The minimum atomic E-state index is -0.330. The van der Waals surface area contributed by atoms with Crippen molar-refractivity contribution in [1.29, 1.82) is 5.26 Å². The van der Waals surface area contributed by atoms with E-state index in [2.05, 4.69) is 16.4 Å². The molecular formula is C20H16ClN3O2S. The van der Waals surface area contributed by atoms with Crippen molar-refractivity contribution in [3.8, 4) is 11.8 Å². The maximum atomic E-state index is 12.3. The average Bonchev–Trinajstić information content (AvgIpc) is 3.01. The normalized spacial score (nSPS) is 10.8. The van der Waals surface area contributed by atoms with Crippen LogP contribution in [0.25, 0.3) is 16.2 Å². The Balaban J connectivity index is 1.68. The molecule has 0 saturated carbocycles. The third kappa shape index (κ3) is 4.85. The second kappa shape index (κ2) is 9.17. The van der Waals surface area contributed by atoms with Gasteiger partial charge in [0.05, 0.1) is 17.7 Å². The third-order valence-corrected chi connectivity index (χ3v) is 5.30. The molecule has 0 bridgehead atoms. The van der Waals surface area contributed by atoms with Crippen LogP contribution < -0.4 is 10.1 Å². The van der Waals surface area contributed by atoms with Crippen LogP contribution in [0.4, 0.5) is 5.82 Å². The number of fused-ring (bicyclic) bond motifs is 1. The van der Waals surface area contributed by atoms with Crippen LogP contribution in [-0.4, -0.2) is 17.5 Å². The first kappa shape index (κ1) is 18.9. The minimum absolute atomic E-state index is 0.330. The van der Waals surface area contributed by atoms with E-state index >= 15 is 0 Å². The molecule has 0 spiro atoms. The molecule has 1 N–H and O–H groups in total. The van der Waals surface area contributed by atoms with Crippen molar-refractivity contribution in [2.45, 2.75) is 12.8 Å². The van der Waals surface area contributed by atoms with Gasteiger partial charge in [0.15, 0.2) is 11.6 Å². The molecule has 2 aromatic heterocycles. The molecule has 27 heavy (non-hydrogen) atoms. The maximum Gasteiger partial charge on any atom is 0.249 e. The number of pyridine rings is 1. The van der Waals surface area contributed by atoms with Crippen LogP contribution in [0.15, 0.2) is 48.7 Å². The Bertz CT molecular complexity index is 1020. The van der Waals surface area contributed by atoms with E-state index in [1.165, 1.54) is 17.4 Å². The maximum absolute atomic E-state index is 12.3. The summed E-state index contributed by atoms with van der Waals surface area (Å²) in [5.41, 5.74) is 0. The number of ether oxygens (including phenoxy) is 1. The van der Waals surface area contributed by atoms with E-state index in [4.69, 9.17) is 21.6 Å². The number of rotatable bonds is 7. The second-order valence-corrected chi connectivity index (χ2v) is 7.02. The summed E-state index contributed by atoms with van der Waals surface area (Å²) in [6.07, 6.45) is 5.72. The van der Waals surface area contributed by atoms with Crippen molar-refractivity contribution >= 4 is 50.8 Å². The summed E-state index contributed by atoms with van der Waals surface area (Å²) < 4.78 is 6.66. The lowest BCUT2D eigenvalue weighted by Crippen LogP contribution is -2.11. The van der Waals surface area contributed by atoms with Crippen LogP contribution >= 0.6 is 22.9 Å². The van der Waals surface area contributed by atoms with Gasteiger partial charge in [-0.05, 0) is 30.7 Å². The highest BCUT2D eigenvalue weighted by atomic mass is 35.5. The molecule has 3 aromatic rings. The first-order valence-electron chi connectivity index (χ1n) is 8.30. The molecule has 0 aliphatic heterocycles. The molecule has 0 radical (unpaired) electrons. The van der Waals surface area contributed by atoms with Crippen LogP contribution in [0.2, 0.25) is 5.02 Å². The topological polar surface area (TPSA) is 75.0 Å². The zero-order chi connectivity index (χ0) is 19.1. The molecule has 3 rings (SSSR count). The Labute approximate surface area is 165 Å². The van der Waals surface area contributed by atoms with E-state index in [-0.39, 0.29) is 5.91 Å². The Kier molecular flexibility index (Phi) is 6.42. The number of unbranched alkanes of at least 4 members (excludes halogenated alkanes) is 1. The molecule has 2 heterocycles. The van der Waals surface area contributed by atoms with E-state index in [1.54, 1.807) is 24.4 Å². The predicted octanol–water partition coefficient (Wildman–Crippen LogP) is 5.28. The average molecular weight is 398 g/mol. The molecule has 1 aromatic carbocycles. The number of hydrogen-bond acceptors (Lipinski definition) is 5. The number of nitrogens with one attached hydrogen (secondary N) is 1. The molecule has 5 nitrogen and oxygen atoms in total. The summed E-state index contributed by atoms with van der Waals surface area (Å²) in [6, 6.07) is 13.3. The van der Waals surface area contributed by atoms with Gasteiger partial charge in [-0.15, -0.1) is 11.3 Å². The van der Waals surface area contributed by atoms with Gasteiger partial charge in [-0.1, -0.05) is 29.8 Å². The Morgan fingerprint density at radius 3 is 3.00 bits per heavy atom. The molecule has 1 amide bonds. The zero-order valence-corrected chi connectivity index (χ0v) is 15.9. The van der Waals surface area contributed by atoms with Crippen molar-refractivity contribution in [2.75, 3.05) is 11.9 Å². The fraction of sp³-hybridized carbons (Fsp3) is 0.150. The highest BCUT2D eigenvalue weighted by Gasteiger charge is 2.09. The summed E-state index contributed by atoms with van der Waals surface area (Å²) in [5.74, 6) is 0.479. The Hall–Kier alpha value is -2.88. The van der Waals surface area contributed by atoms with E-state index in [0.717, 1.165) is 15.0 Å². The van der Waals surface area contributed by atoms with Gasteiger partial charge in [-0.3, -0.25) is 4.79 Å². The summed E-state index contributed by atoms with van der Waals surface area (Å²) in [5, 5.41) is 12.9. The fourth-order valence-electron chi connectivity index (χ4n) is 2.38. The molecule has 7 heteroatoms. The summed E-state index contributed by atoms with van der Waals surface area (Å²) in [6.45, 7) is 0.384. The first-order valence-corrected chi connectivity index (χ1v) is 9.49. The quantitative estimate of drug-likeness (QED) is 0.434. The standard InChI is InChI=1S/C20H16ClN3O2S/c21-19-14-6-1-2-8-16(14)27-17(19)9-10-18(25)24-20-15(7-5-12-23-20)26-13-4-3-11-22/h1-2,5-10,12H,3-4,13H2,(H,23,24,25). The van der Waals surface area contributed by atoms with E-state index < -0.39 is 0 Å². The van der Waals surface area contributed by atoms with Crippen molar-refractivity contribution in [2.24, 2.45) is 0 Å². The number of nitriles is 1. The molecule has 0 saturated heterocycles. The fourth-order valence-corrected chi connectivity index (χ4v) is 3.78. The van der Waals surface area contributed by atoms with Gasteiger partial charge in [0.2, 0.25) is 5.91 Å². The van der Waals surface area contributed by atoms with Gasteiger partial charge in [0, 0.05) is 33.7 Å². The number of amides is 1. The number of thiophene rings is 1. The number of benzene rings is 1. The molecular weight excluding hydrogens is 382 g/mol. The monoisotopic (exact) mass is 397 g/mol. The van der Waals surface area contributed by atoms with Crippen LogP contribution in [0, 0.1) is 11.3 Å². The molecule has 0 aliphatic carbocycles. The SMILES string of the molecule is N#CCCCOc1cccnc1NC(=O)C=Cc1sc2ccccc2c1Cl. The van der Waals surface area contributed by atoms with Gasteiger partial charge in [-0.2, -0.15) is 5.26 Å². The number of halogens is 1. The van der Waals surface area contributed by atoms with Crippen molar-refractivity contribution in [3.05, 3.63) is 58.6 Å². The van der Waals surface area contributed by atoms with E-state index in [9.17, 15) is 4.79 Å². The highest BCUT2D eigenvalue weighted by Crippen LogP contribution is 2.35. The van der Waals surface area contributed by atoms with Crippen LogP contribution in [-0.2, 0) is 4.79 Å². The predicted molar refractivity (Wildman–Crippen MR) is 109 cm³/mol. The largest absolute Gasteiger partial charge is 0.490 e. The Morgan fingerprint density at radius 1 is 1.33 bits per heavy atom. The molecule has 0 fully saturated rings. The second-order valence-electron chi connectivity index (χ2n) is 5.56. The zero-order valence-electron chi connectivity index (χ0n) is 14.3. The van der Waals surface area contributed by atoms with Crippen LogP contribution in [0.3, 0.4) is 0 Å². The highest BCUT2D eigenvalue weighted by molar-refractivity contribution is 7.20. The lowest BCUT2D eigenvalue weighted by atomic mass is 10.2. The van der Waals surface area contributed by atoms with Crippen molar-refractivity contribution in [1.82, 2.24) is 4.98 Å². The first-order chi connectivity index (χ1) is 13.2. The van der Waals surface area contributed by atoms with Crippen molar-refractivity contribution < 1.29 is 9.53 Å². The number of nitrogens with zero attached hydrogens (tertiary/aromatic N) is 2. The van der Waals surface area contributed by atoms with Crippen LogP contribution in [0.1, 0.15) is 17.7 Å². The minimum Gasteiger partial charge on any atom is -0.490 e. The smallest absolute Gasteiger partial charge is 0.249 e. The summed E-state index contributed by atoms with van der Waals surface area (Å²) in [7, 11) is 0. The number of anilines is 1. The van der Waals surface area contributed by atoms with Gasteiger partial charge in [0.1, 0.15) is 0 Å². The summed E-state index contributed by atoms with van der Waals surface area (Å²) in [4.78, 5) is 17.2. The number of hydrogen-bond donors (Lipinski definition) is 1. The van der Waals surface area contributed by atoms with E-state index in [0.29, 0.717) is 36.0 Å². The van der Waals surface area contributed by atoms with E-state index in [1.807, 2.05) is 24.3 Å². The lowest BCUT2D eigenvalue weighted by molar-refractivity contribution is -0.111. The number of carbonyl (C=O) groups is 1. The molecule has 136 valence electrons. The van der Waals surface area contributed by atoms with Gasteiger partial charge < -0.3 is 10.1 Å². The molecule has 0 aliphatic rings.